The van der Waals surface area contributed by atoms with Gasteiger partial charge in [0.15, 0.2) is 17.5 Å². The third-order valence-electron chi connectivity index (χ3n) is 10.2. The maximum atomic E-state index is 5.09. The minimum atomic E-state index is 0.652. The molecule has 7 aromatic carbocycles. The molecular formula is C47H33N5. The van der Waals surface area contributed by atoms with Gasteiger partial charge in [-0.1, -0.05) is 146 Å². The minimum Gasteiger partial charge on any atom is -0.336 e. The van der Waals surface area contributed by atoms with Crippen LogP contribution in [0.3, 0.4) is 0 Å². The van der Waals surface area contributed by atoms with Gasteiger partial charge in [-0.3, -0.25) is 0 Å². The maximum Gasteiger partial charge on any atom is 0.164 e. The molecule has 0 amide bonds. The number of benzene rings is 7. The Morgan fingerprint density at radius 3 is 1.08 bits per heavy atom. The van der Waals surface area contributed by atoms with Crippen LogP contribution in [0.4, 0.5) is 0 Å². The van der Waals surface area contributed by atoms with Crippen molar-refractivity contribution in [2.24, 2.45) is 0 Å². The molecule has 0 atom stereocenters. The van der Waals surface area contributed by atoms with Crippen LogP contribution >= 0.6 is 0 Å². The van der Waals surface area contributed by atoms with Crippen molar-refractivity contribution >= 4 is 43.6 Å². The van der Waals surface area contributed by atoms with Crippen LogP contribution < -0.4 is 0 Å². The topological polar surface area (TPSA) is 48.5 Å². The van der Waals surface area contributed by atoms with E-state index in [-0.39, 0.29) is 0 Å². The van der Waals surface area contributed by atoms with Gasteiger partial charge in [0.25, 0.3) is 0 Å². The van der Waals surface area contributed by atoms with Crippen LogP contribution in [-0.2, 0) is 13.1 Å². The summed E-state index contributed by atoms with van der Waals surface area (Å²) in [7, 11) is 0. The molecule has 0 aliphatic rings. The number of nitrogens with zero attached hydrogens (tertiary/aromatic N) is 5. The monoisotopic (exact) mass is 667 g/mol. The quantitative estimate of drug-likeness (QED) is 0.170. The number of hydrogen-bond donors (Lipinski definition) is 0. The van der Waals surface area contributed by atoms with E-state index < -0.39 is 0 Å². The van der Waals surface area contributed by atoms with Crippen molar-refractivity contribution in [1.82, 2.24) is 24.1 Å². The predicted octanol–water partition coefficient (Wildman–Crippen LogP) is 11.2. The van der Waals surface area contributed by atoms with Gasteiger partial charge in [0.1, 0.15) is 0 Å². The van der Waals surface area contributed by atoms with Crippen LogP contribution in [0.25, 0.3) is 77.8 Å². The lowest BCUT2D eigenvalue weighted by atomic mass is 10.0. The molecule has 5 heteroatoms. The Morgan fingerprint density at radius 2 is 0.654 bits per heavy atom. The average molecular weight is 668 g/mol. The average Bonchev–Trinajstić information content (AvgIpc) is 3.71. The molecule has 0 N–H and O–H groups in total. The summed E-state index contributed by atoms with van der Waals surface area (Å²) < 4.78 is 4.91. The maximum absolute atomic E-state index is 5.09. The molecule has 0 saturated heterocycles. The highest BCUT2D eigenvalue weighted by molar-refractivity contribution is 6.09. The van der Waals surface area contributed by atoms with Gasteiger partial charge in [0.05, 0.1) is 0 Å². The molecule has 0 radical (unpaired) electrons. The van der Waals surface area contributed by atoms with Crippen molar-refractivity contribution < 1.29 is 0 Å². The molecule has 0 aliphatic carbocycles. The molecule has 0 spiro atoms. The van der Waals surface area contributed by atoms with E-state index in [1.54, 1.807) is 0 Å². The van der Waals surface area contributed by atoms with Crippen LogP contribution in [0.5, 0.6) is 0 Å². The lowest BCUT2D eigenvalue weighted by Crippen LogP contribution is -2.08. The van der Waals surface area contributed by atoms with E-state index in [1.165, 1.54) is 54.7 Å². The van der Waals surface area contributed by atoms with Gasteiger partial charge in [-0.2, -0.15) is 0 Å². The van der Waals surface area contributed by atoms with E-state index in [9.17, 15) is 0 Å². The first kappa shape index (κ1) is 30.0. The zero-order valence-electron chi connectivity index (χ0n) is 28.4. The van der Waals surface area contributed by atoms with Crippen LogP contribution in [0.2, 0.25) is 0 Å². The van der Waals surface area contributed by atoms with Crippen molar-refractivity contribution in [3.63, 3.8) is 0 Å². The van der Waals surface area contributed by atoms with Crippen molar-refractivity contribution in [3.8, 4) is 34.2 Å². The summed E-state index contributed by atoms with van der Waals surface area (Å²) in [5.74, 6) is 1.96. The van der Waals surface area contributed by atoms with Crippen molar-refractivity contribution in [2.75, 3.05) is 0 Å². The fourth-order valence-corrected chi connectivity index (χ4v) is 7.69. The van der Waals surface area contributed by atoms with Crippen molar-refractivity contribution in [3.05, 3.63) is 187 Å². The molecule has 0 bridgehead atoms. The van der Waals surface area contributed by atoms with Crippen molar-refractivity contribution in [2.45, 2.75) is 13.1 Å². The Hall–Kier alpha value is -6.85. The number of fused-ring (bicyclic) bond motifs is 6. The zero-order valence-corrected chi connectivity index (χ0v) is 28.4. The second-order valence-corrected chi connectivity index (χ2v) is 13.3. The second-order valence-electron chi connectivity index (χ2n) is 13.3. The molecule has 52 heavy (non-hydrogen) atoms. The third kappa shape index (κ3) is 5.14. The standard InChI is InChI=1S/C47H33N5/c1-3-15-32(16-4-1)45-48-46(33-17-5-2-6-18-33)50-47(49-45)34-27-28-35(30-51-41-23-11-7-19-37(41)38-20-8-12-24-42(38)51)36(29-34)31-52-43-25-13-9-21-39(43)40-22-10-14-26-44(40)52/h1-29H,30-31H2. The highest BCUT2D eigenvalue weighted by atomic mass is 15.0. The van der Waals surface area contributed by atoms with Crippen LogP contribution in [0.1, 0.15) is 11.1 Å². The summed E-state index contributed by atoms with van der Waals surface area (Å²) in [5.41, 5.74) is 10.2. The summed E-state index contributed by atoms with van der Waals surface area (Å²) in [6, 6.07) is 62.0. The number of hydrogen-bond acceptors (Lipinski definition) is 3. The first-order chi connectivity index (χ1) is 25.8. The van der Waals surface area contributed by atoms with Gasteiger partial charge in [0.2, 0.25) is 0 Å². The lowest BCUT2D eigenvalue weighted by molar-refractivity contribution is 0.810. The smallest absolute Gasteiger partial charge is 0.164 e. The van der Waals surface area contributed by atoms with E-state index in [0.29, 0.717) is 24.0 Å². The first-order valence-electron chi connectivity index (χ1n) is 17.7. The molecular weight excluding hydrogens is 635 g/mol. The predicted molar refractivity (Wildman–Crippen MR) is 213 cm³/mol. The Morgan fingerprint density at radius 1 is 0.308 bits per heavy atom. The molecule has 0 saturated carbocycles. The molecule has 0 aliphatic heterocycles. The molecule has 5 nitrogen and oxygen atoms in total. The highest BCUT2D eigenvalue weighted by Gasteiger charge is 2.18. The van der Waals surface area contributed by atoms with E-state index >= 15 is 0 Å². The first-order valence-corrected chi connectivity index (χ1v) is 17.7. The molecule has 0 fully saturated rings. The van der Waals surface area contributed by atoms with Crippen LogP contribution in [-0.4, -0.2) is 24.1 Å². The summed E-state index contributed by atoms with van der Waals surface area (Å²) in [5, 5.41) is 5.06. The number of aromatic nitrogens is 5. The van der Waals surface area contributed by atoms with Gasteiger partial charge in [0, 0.05) is 73.4 Å². The van der Waals surface area contributed by atoms with Gasteiger partial charge in [-0.05, 0) is 41.5 Å². The van der Waals surface area contributed by atoms with Gasteiger partial charge in [-0.25, -0.2) is 15.0 Å². The fourth-order valence-electron chi connectivity index (χ4n) is 7.69. The normalized spacial score (nSPS) is 11.6. The molecule has 246 valence electrons. The molecule has 0 unspecified atom stereocenters. The minimum absolute atomic E-state index is 0.652. The van der Waals surface area contributed by atoms with E-state index in [2.05, 4.69) is 149 Å². The Bertz CT molecular complexity index is 2740. The van der Waals surface area contributed by atoms with E-state index in [4.69, 9.17) is 15.0 Å². The molecule has 3 aromatic heterocycles. The van der Waals surface area contributed by atoms with E-state index in [0.717, 1.165) is 23.2 Å². The van der Waals surface area contributed by atoms with Gasteiger partial charge < -0.3 is 9.13 Å². The summed E-state index contributed by atoms with van der Waals surface area (Å²) in [6.45, 7) is 1.42. The van der Waals surface area contributed by atoms with E-state index in [1.807, 2.05) is 36.4 Å². The Labute approximate surface area is 301 Å². The number of para-hydroxylation sites is 4. The third-order valence-corrected chi connectivity index (χ3v) is 10.2. The lowest BCUT2D eigenvalue weighted by Gasteiger charge is -2.17. The van der Waals surface area contributed by atoms with Crippen LogP contribution in [0, 0.1) is 0 Å². The summed E-state index contributed by atoms with van der Waals surface area (Å²) >= 11 is 0. The number of rotatable bonds is 7. The highest BCUT2D eigenvalue weighted by Crippen LogP contribution is 2.34. The Kier molecular flexibility index (Phi) is 7.21. The summed E-state index contributed by atoms with van der Waals surface area (Å²) in [4.78, 5) is 15.1. The summed E-state index contributed by atoms with van der Waals surface area (Å²) in [6.07, 6.45) is 0. The van der Waals surface area contributed by atoms with Crippen LogP contribution in [0.15, 0.2) is 176 Å². The molecule has 10 rings (SSSR count). The van der Waals surface area contributed by atoms with Gasteiger partial charge >= 0.3 is 0 Å². The second kappa shape index (κ2) is 12.5. The molecule has 10 aromatic rings. The zero-order chi connectivity index (χ0) is 34.4. The van der Waals surface area contributed by atoms with Crippen molar-refractivity contribution in [1.29, 1.82) is 0 Å². The Balaban J connectivity index is 1.18. The molecule has 3 heterocycles. The van der Waals surface area contributed by atoms with Gasteiger partial charge in [-0.15, -0.1) is 0 Å². The fraction of sp³-hybridized carbons (Fsp3) is 0.0426. The largest absolute Gasteiger partial charge is 0.336 e. The SMILES string of the molecule is c1ccc(-c2nc(-c3ccccc3)nc(-c3ccc(Cn4c5ccccc5c5ccccc54)c(Cn4c5ccccc5c5ccccc54)c3)n2)cc1.